The molecular weight excluding hydrogens is 613 g/mol. The second-order valence-electron chi connectivity index (χ2n) is 12.4. The van der Waals surface area contributed by atoms with E-state index in [2.05, 4.69) is 16.0 Å². The van der Waals surface area contributed by atoms with Gasteiger partial charge in [0.05, 0.1) is 5.92 Å². The summed E-state index contributed by atoms with van der Waals surface area (Å²) >= 11 is 0. The molecule has 0 aliphatic heterocycles. The first-order chi connectivity index (χ1) is 22.4. The van der Waals surface area contributed by atoms with E-state index in [1.54, 1.807) is 14.1 Å². The molecule has 0 radical (unpaired) electrons. The number of hydrogen-bond donors (Lipinski definition) is 4. The van der Waals surface area contributed by atoms with Gasteiger partial charge in [0.1, 0.15) is 12.1 Å². The molecule has 1 unspecified atom stereocenters. The SMILES string of the molecule is CC(C)C[C@H](NC(=O)[C@@H](Cc1ccccc1)C[P+](=O)[C@H](Cc1ccccc1)NC(=O)N(C)C)C(=O)N[C@@H](Cc1ccccc1)C(N)=O. The smallest absolute Gasteiger partial charge is 0.364 e. The lowest BCUT2D eigenvalue weighted by atomic mass is 9.97. The van der Waals surface area contributed by atoms with Crippen LogP contribution < -0.4 is 21.7 Å². The first-order valence-corrected chi connectivity index (χ1v) is 17.4. The number of nitrogens with two attached hydrogens (primary N) is 1. The molecule has 5 amide bonds. The van der Waals surface area contributed by atoms with Crippen molar-refractivity contribution in [1.29, 1.82) is 0 Å². The van der Waals surface area contributed by atoms with Crippen LogP contribution in [0.25, 0.3) is 0 Å². The third-order valence-electron chi connectivity index (χ3n) is 7.69. The van der Waals surface area contributed by atoms with Crippen LogP contribution in [0.3, 0.4) is 0 Å². The molecule has 250 valence electrons. The topological polar surface area (TPSA) is 151 Å². The molecule has 0 saturated carbocycles. The van der Waals surface area contributed by atoms with Crippen molar-refractivity contribution in [3.63, 3.8) is 0 Å². The van der Waals surface area contributed by atoms with E-state index in [1.807, 2.05) is 105 Å². The lowest BCUT2D eigenvalue weighted by Gasteiger charge is -2.25. The molecule has 0 aromatic heterocycles. The highest BCUT2D eigenvalue weighted by molar-refractivity contribution is 7.45. The van der Waals surface area contributed by atoms with Gasteiger partial charge in [0.25, 0.3) is 0 Å². The van der Waals surface area contributed by atoms with Crippen molar-refractivity contribution < 1.29 is 23.7 Å². The van der Waals surface area contributed by atoms with Gasteiger partial charge in [-0.1, -0.05) is 109 Å². The molecule has 3 rings (SSSR count). The zero-order valence-electron chi connectivity index (χ0n) is 27.6. The zero-order valence-corrected chi connectivity index (χ0v) is 28.5. The number of benzene rings is 3. The lowest BCUT2D eigenvalue weighted by molar-refractivity contribution is -0.132. The monoisotopic (exact) mass is 660 g/mol. The molecule has 3 aromatic carbocycles. The van der Waals surface area contributed by atoms with Gasteiger partial charge in [-0.25, -0.2) is 4.79 Å². The maximum absolute atomic E-state index is 14.0. The van der Waals surface area contributed by atoms with Crippen molar-refractivity contribution in [1.82, 2.24) is 20.9 Å². The zero-order chi connectivity index (χ0) is 34.3. The Balaban J connectivity index is 1.84. The molecule has 0 bridgehead atoms. The number of hydrogen-bond acceptors (Lipinski definition) is 5. The van der Waals surface area contributed by atoms with Gasteiger partial charge in [-0.3, -0.25) is 19.7 Å². The summed E-state index contributed by atoms with van der Waals surface area (Å²) in [5.74, 6) is -3.09. The molecule has 11 heteroatoms. The molecule has 0 aliphatic carbocycles. The minimum atomic E-state index is -2.13. The first-order valence-electron chi connectivity index (χ1n) is 15.9. The van der Waals surface area contributed by atoms with Gasteiger partial charge in [-0.15, -0.1) is 0 Å². The van der Waals surface area contributed by atoms with Crippen molar-refractivity contribution in [2.24, 2.45) is 17.6 Å². The molecule has 0 spiro atoms. The fraction of sp³-hybridized carbons (Fsp3) is 0.389. The van der Waals surface area contributed by atoms with Gasteiger partial charge >= 0.3 is 13.8 Å². The summed E-state index contributed by atoms with van der Waals surface area (Å²) in [6.45, 7) is 3.86. The Morgan fingerprint density at radius 3 is 1.62 bits per heavy atom. The van der Waals surface area contributed by atoms with Crippen LogP contribution in [0.5, 0.6) is 0 Å². The van der Waals surface area contributed by atoms with E-state index in [-0.39, 0.29) is 31.0 Å². The third-order valence-corrected chi connectivity index (χ3v) is 9.50. The summed E-state index contributed by atoms with van der Waals surface area (Å²) in [4.78, 5) is 53.9. The van der Waals surface area contributed by atoms with Crippen LogP contribution in [0.2, 0.25) is 0 Å². The lowest BCUT2D eigenvalue weighted by Crippen LogP contribution is -2.55. The summed E-state index contributed by atoms with van der Waals surface area (Å²) in [7, 11) is 1.08. The average Bonchev–Trinajstić information content (AvgIpc) is 3.04. The second kappa shape index (κ2) is 18.6. The summed E-state index contributed by atoms with van der Waals surface area (Å²) < 4.78 is 14.0. The number of nitrogens with zero attached hydrogens (tertiary/aromatic N) is 1. The Kier molecular flexibility index (Phi) is 14.6. The van der Waals surface area contributed by atoms with Crippen LogP contribution in [0, 0.1) is 11.8 Å². The van der Waals surface area contributed by atoms with Crippen molar-refractivity contribution in [2.45, 2.75) is 57.4 Å². The van der Waals surface area contributed by atoms with Gasteiger partial charge in [-0.2, -0.15) is 0 Å². The van der Waals surface area contributed by atoms with E-state index in [0.717, 1.165) is 16.7 Å². The summed E-state index contributed by atoms with van der Waals surface area (Å²) in [6.07, 6.45) is 1.11. The Hall–Kier alpha value is -4.56. The van der Waals surface area contributed by atoms with E-state index < -0.39 is 49.3 Å². The number of amides is 5. The largest absolute Gasteiger partial charge is 0.368 e. The van der Waals surface area contributed by atoms with Crippen molar-refractivity contribution in [3.8, 4) is 0 Å². The molecule has 0 saturated heterocycles. The van der Waals surface area contributed by atoms with E-state index >= 15 is 0 Å². The number of nitrogens with one attached hydrogen (secondary N) is 3. The van der Waals surface area contributed by atoms with Crippen molar-refractivity contribution in [3.05, 3.63) is 108 Å². The molecule has 5 N–H and O–H groups in total. The molecule has 0 heterocycles. The van der Waals surface area contributed by atoms with Crippen molar-refractivity contribution in [2.75, 3.05) is 20.3 Å². The molecule has 5 atom stereocenters. The first kappa shape index (κ1) is 36.9. The Labute approximate surface area is 278 Å². The van der Waals surface area contributed by atoms with Crippen molar-refractivity contribution >= 4 is 31.6 Å². The van der Waals surface area contributed by atoms with Crippen LogP contribution in [-0.4, -0.2) is 66.8 Å². The van der Waals surface area contributed by atoms with Crippen LogP contribution in [-0.2, 0) is 38.2 Å². The molecular formula is C36H47N5O5P+. The number of carbonyl (C=O) groups excluding carboxylic acids is 4. The fourth-order valence-electron chi connectivity index (χ4n) is 5.15. The van der Waals surface area contributed by atoms with Gasteiger partial charge in [-0.05, 0) is 35.4 Å². The number of carbonyl (C=O) groups is 4. The fourth-order valence-corrected chi connectivity index (χ4v) is 6.81. The Morgan fingerprint density at radius 1 is 0.681 bits per heavy atom. The van der Waals surface area contributed by atoms with Gasteiger partial charge in [0.2, 0.25) is 23.5 Å². The molecule has 0 fully saturated rings. The Bertz CT molecular complexity index is 1470. The number of rotatable bonds is 17. The Morgan fingerprint density at radius 2 is 1.15 bits per heavy atom. The predicted molar refractivity (Wildman–Crippen MR) is 185 cm³/mol. The highest BCUT2D eigenvalue weighted by Crippen LogP contribution is 2.33. The second-order valence-corrected chi connectivity index (χ2v) is 14.2. The van der Waals surface area contributed by atoms with Gasteiger partial charge in [0.15, 0.2) is 6.16 Å². The minimum absolute atomic E-state index is 0.0186. The standard InChI is InChI=1S/C36H46N5O5P/c1-25(2)20-31(35(44)38-30(33(37)42)22-27-16-10-6-11-17-27)39-34(43)29(21-26-14-8-5-9-15-26)24-47(46)32(40-36(45)41(3)4)23-28-18-12-7-13-19-28/h5-19,25,29-32H,20-24H2,1-4H3,(H4-,37,38,39,40,42,43,44,45)/p+1/t29-,30-,31-,32+/m0/s1. The van der Waals surface area contributed by atoms with E-state index in [1.165, 1.54) is 4.90 Å². The molecule has 3 aromatic rings. The minimum Gasteiger partial charge on any atom is -0.368 e. The highest BCUT2D eigenvalue weighted by atomic mass is 31.1. The quantitative estimate of drug-likeness (QED) is 0.160. The van der Waals surface area contributed by atoms with Crippen LogP contribution in [0.1, 0.15) is 37.0 Å². The third kappa shape index (κ3) is 12.6. The summed E-state index contributed by atoms with van der Waals surface area (Å²) in [6, 6.07) is 25.7. The normalized spacial score (nSPS) is 13.9. The summed E-state index contributed by atoms with van der Waals surface area (Å²) in [5, 5.41) is 8.52. The van der Waals surface area contributed by atoms with Crippen LogP contribution in [0.15, 0.2) is 91.0 Å². The predicted octanol–water partition coefficient (Wildman–Crippen LogP) is 4.26. The molecule has 10 nitrogen and oxygen atoms in total. The van der Waals surface area contributed by atoms with E-state index in [4.69, 9.17) is 5.73 Å². The van der Waals surface area contributed by atoms with Gasteiger partial charge < -0.3 is 21.3 Å². The molecule has 0 aliphatic rings. The average molecular weight is 661 g/mol. The van der Waals surface area contributed by atoms with Crippen LogP contribution >= 0.6 is 7.80 Å². The number of urea groups is 1. The van der Waals surface area contributed by atoms with Crippen LogP contribution in [0.4, 0.5) is 4.79 Å². The molecule has 47 heavy (non-hydrogen) atoms. The maximum Gasteiger partial charge on any atom is 0.364 e. The van der Waals surface area contributed by atoms with E-state index in [0.29, 0.717) is 12.8 Å². The summed E-state index contributed by atoms with van der Waals surface area (Å²) in [5.41, 5.74) is 8.26. The van der Waals surface area contributed by atoms with Gasteiger partial charge in [0, 0.05) is 26.9 Å². The van der Waals surface area contributed by atoms with E-state index in [9.17, 15) is 23.7 Å². The number of primary amides is 1. The maximum atomic E-state index is 14.0. The highest BCUT2D eigenvalue weighted by Gasteiger charge is 2.39.